The minimum atomic E-state index is 1.13. The van der Waals surface area contributed by atoms with E-state index in [0.29, 0.717) is 0 Å². The maximum Gasteiger partial charge on any atom is 0.0540 e. The molecule has 0 spiro atoms. The lowest BCUT2D eigenvalue weighted by molar-refractivity contribution is 1.30. The van der Waals surface area contributed by atoms with Crippen LogP contribution in [-0.4, -0.2) is 0 Å². The second kappa shape index (κ2) is 11.4. The molecule has 0 fully saturated rings. The van der Waals surface area contributed by atoms with Crippen molar-refractivity contribution in [2.24, 2.45) is 0 Å². The normalized spacial score (nSPS) is 12.1. The quantitative estimate of drug-likeness (QED) is 0.165. The highest BCUT2D eigenvalue weighted by molar-refractivity contribution is 7.25. The number of benzene rings is 10. The third-order valence-electron chi connectivity index (χ3n) is 11.5. The summed E-state index contributed by atoms with van der Waals surface area (Å²) in [6.45, 7) is 0. The highest BCUT2D eigenvalue weighted by Gasteiger charge is 2.22. The van der Waals surface area contributed by atoms with Gasteiger partial charge in [-0.1, -0.05) is 146 Å². The largest absolute Gasteiger partial charge is 0.310 e. The molecule has 1 aromatic heterocycles. The molecule has 0 radical (unpaired) electrons. The highest BCUT2D eigenvalue weighted by atomic mass is 32.1. The molecule has 0 aliphatic carbocycles. The topological polar surface area (TPSA) is 3.24 Å². The summed E-state index contributed by atoms with van der Waals surface area (Å²) >= 11 is 1.86. The van der Waals surface area contributed by atoms with Crippen molar-refractivity contribution in [1.29, 1.82) is 0 Å². The molecule has 12 rings (SSSR count). The summed E-state index contributed by atoms with van der Waals surface area (Å²) in [5.74, 6) is 0. The van der Waals surface area contributed by atoms with Gasteiger partial charge in [0.15, 0.2) is 0 Å². The average molecular weight is 702 g/mol. The molecule has 0 N–H and O–H groups in total. The number of para-hydroxylation sites is 1. The van der Waals surface area contributed by atoms with Crippen molar-refractivity contribution >= 4 is 113 Å². The Balaban J connectivity index is 1.26. The number of nitrogens with zero attached hydrogens (tertiary/aromatic N) is 1. The first-order chi connectivity index (χ1) is 26.8. The van der Waals surface area contributed by atoms with Gasteiger partial charge in [-0.05, 0) is 113 Å². The van der Waals surface area contributed by atoms with E-state index in [4.69, 9.17) is 0 Å². The van der Waals surface area contributed by atoms with Crippen LogP contribution >= 0.6 is 11.3 Å². The lowest BCUT2D eigenvalue weighted by Gasteiger charge is -2.29. The first-order valence-electron chi connectivity index (χ1n) is 18.6. The van der Waals surface area contributed by atoms with Crippen molar-refractivity contribution in [2.75, 3.05) is 4.90 Å². The van der Waals surface area contributed by atoms with Gasteiger partial charge in [-0.15, -0.1) is 11.3 Å². The van der Waals surface area contributed by atoms with Crippen LogP contribution in [0.2, 0.25) is 0 Å². The lowest BCUT2D eigenvalue weighted by Crippen LogP contribution is -2.11. The summed E-state index contributed by atoms with van der Waals surface area (Å²) in [5, 5.41) is 18.0. The number of anilines is 3. The van der Waals surface area contributed by atoms with E-state index in [1.165, 1.54) is 95.9 Å². The Kier molecular flexibility index (Phi) is 6.28. The van der Waals surface area contributed by atoms with E-state index in [0.717, 1.165) is 17.1 Å². The predicted octanol–water partition coefficient (Wildman–Crippen LogP) is 15.5. The number of thiophene rings is 1. The Hall–Kier alpha value is -6.74. The number of fused-ring (bicyclic) bond motifs is 5. The van der Waals surface area contributed by atoms with Crippen LogP contribution in [0, 0.1) is 0 Å². The Morgan fingerprint density at radius 1 is 0.315 bits per heavy atom. The van der Waals surface area contributed by atoms with Gasteiger partial charge >= 0.3 is 0 Å². The predicted molar refractivity (Wildman–Crippen MR) is 236 cm³/mol. The third-order valence-corrected chi connectivity index (χ3v) is 12.7. The zero-order valence-corrected chi connectivity index (χ0v) is 30.1. The van der Waals surface area contributed by atoms with E-state index in [1.807, 2.05) is 11.3 Å². The third kappa shape index (κ3) is 4.26. The first kappa shape index (κ1) is 29.8. The summed E-state index contributed by atoms with van der Waals surface area (Å²) in [7, 11) is 0. The standard InChI is InChI=1S/C52H31NS/c1-2-11-32(12-3-1)39-16-4-6-21-46(39)53(37-27-28-48-44(30-37)40-17-5-7-22-47(40)54-48)38-29-36-26-25-35-14-9-19-42-41-18-8-13-33-23-24-34-15-10-20-43(51(34)49(33)41)45(31-38)52(36)50(35)42/h1-31H. The molecule has 0 saturated carbocycles. The molecule has 0 aliphatic heterocycles. The molecule has 54 heavy (non-hydrogen) atoms. The van der Waals surface area contributed by atoms with E-state index < -0.39 is 0 Å². The van der Waals surface area contributed by atoms with Crippen molar-refractivity contribution in [1.82, 2.24) is 0 Å². The summed E-state index contributed by atoms with van der Waals surface area (Å²) in [4.78, 5) is 2.49. The Morgan fingerprint density at radius 2 is 0.852 bits per heavy atom. The molecular weight excluding hydrogens is 671 g/mol. The van der Waals surface area contributed by atoms with Crippen LogP contribution in [-0.2, 0) is 0 Å². The van der Waals surface area contributed by atoms with Crippen LogP contribution in [0.5, 0.6) is 0 Å². The molecular formula is C52H31NS. The molecule has 250 valence electrons. The average Bonchev–Trinajstić information content (AvgIpc) is 3.61. The van der Waals surface area contributed by atoms with Crippen molar-refractivity contribution in [2.45, 2.75) is 0 Å². The molecule has 0 unspecified atom stereocenters. The summed E-state index contributed by atoms with van der Waals surface area (Å²) < 4.78 is 2.61. The maximum absolute atomic E-state index is 2.49. The van der Waals surface area contributed by atoms with E-state index >= 15 is 0 Å². The lowest BCUT2D eigenvalue weighted by atomic mass is 9.87. The van der Waals surface area contributed by atoms with Crippen LogP contribution in [0.15, 0.2) is 188 Å². The molecule has 11 aromatic carbocycles. The van der Waals surface area contributed by atoms with Gasteiger partial charge in [0, 0.05) is 37.1 Å². The van der Waals surface area contributed by atoms with Gasteiger partial charge in [0.25, 0.3) is 0 Å². The van der Waals surface area contributed by atoms with Gasteiger partial charge in [0.2, 0.25) is 0 Å². The fourth-order valence-corrected chi connectivity index (χ4v) is 10.3. The fourth-order valence-electron chi connectivity index (χ4n) is 9.21. The van der Waals surface area contributed by atoms with Gasteiger partial charge < -0.3 is 4.90 Å². The highest BCUT2D eigenvalue weighted by Crippen LogP contribution is 2.48. The maximum atomic E-state index is 2.49. The van der Waals surface area contributed by atoms with Crippen molar-refractivity contribution < 1.29 is 0 Å². The molecule has 0 aliphatic rings. The summed E-state index contributed by atoms with van der Waals surface area (Å²) in [5.41, 5.74) is 5.80. The fraction of sp³-hybridized carbons (Fsp3) is 0. The molecule has 1 nitrogen and oxygen atoms in total. The first-order valence-corrected chi connectivity index (χ1v) is 19.4. The summed E-state index contributed by atoms with van der Waals surface area (Å²) in [6, 6.07) is 70.1. The molecule has 2 heteroatoms. The zero-order valence-electron chi connectivity index (χ0n) is 29.3. The minimum absolute atomic E-state index is 1.13. The van der Waals surface area contributed by atoms with E-state index in [-0.39, 0.29) is 0 Å². The van der Waals surface area contributed by atoms with Crippen LogP contribution in [0.4, 0.5) is 17.1 Å². The number of rotatable bonds is 4. The van der Waals surface area contributed by atoms with E-state index in [2.05, 4.69) is 193 Å². The molecule has 0 amide bonds. The zero-order chi connectivity index (χ0) is 35.3. The van der Waals surface area contributed by atoms with Gasteiger partial charge in [-0.3, -0.25) is 0 Å². The van der Waals surface area contributed by atoms with Crippen molar-refractivity contribution in [3.05, 3.63) is 188 Å². The van der Waals surface area contributed by atoms with E-state index in [1.54, 1.807) is 0 Å². The molecule has 12 aromatic rings. The minimum Gasteiger partial charge on any atom is -0.310 e. The molecule has 1 heterocycles. The van der Waals surface area contributed by atoms with Gasteiger partial charge in [0.05, 0.1) is 5.69 Å². The monoisotopic (exact) mass is 701 g/mol. The molecule has 0 atom stereocenters. The van der Waals surface area contributed by atoms with Gasteiger partial charge in [0.1, 0.15) is 0 Å². The van der Waals surface area contributed by atoms with Crippen molar-refractivity contribution in [3.8, 4) is 11.1 Å². The Morgan fingerprint density at radius 3 is 1.57 bits per heavy atom. The van der Waals surface area contributed by atoms with Crippen LogP contribution in [0.25, 0.3) is 95.9 Å². The van der Waals surface area contributed by atoms with Crippen LogP contribution < -0.4 is 4.90 Å². The van der Waals surface area contributed by atoms with Gasteiger partial charge in [-0.2, -0.15) is 0 Å². The number of hydrogen-bond acceptors (Lipinski definition) is 2. The van der Waals surface area contributed by atoms with Crippen LogP contribution in [0.3, 0.4) is 0 Å². The smallest absolute Gasteiger partial charge is 0.0540 e. The van der Waals surface area contributed by atoms with Crippen LogP contribution in [0.1, 0.15) is 0 Å². The Bertz CT molecular complexity index is 3440. The molecule has 0 saturated heterocycles. The second-order valence-corrected chi connectivity index (χ2v) is 15.5. The Labute approximate surface area is 315 Å². The van der Waals surface area contributed by atoms with E-state index in [9.17, 15) is 0 Å². The summed E-state index contributed by atoms with van der Waals surface area (Å²) in [6.07, 6.45) is 0. The van der Waals surface area contributed by atoms with Gasteiger partial charge in [-0.25, -0.2) is 0 Å². The molecule has 0 bridgehead atoms. The second-order valence-electron chi connectivity index (χ2n) is 14.4. The SMILES string of the molecule is c1ccc(-c2ccccc2N(c2ccc3sc4ccccc4c3c2)c2cc3ccc4cccc5c6cccc7ccc8cccc(c(c2)c3c45)c8c76)cc1. The number of hydrogen-bond donors (Lipinski definition) is 0. The van der Waals surface area contributed by atoms with Crippen molar-refractivity contribution in [3.63, 3.8) is 0 Å².